The zero-order valence-corrected chi connectivity index (χ0v) is 16.9. The van der Waals surface area contributed by atoms with Crippen LogP contribution in [0.15, 0.2) is 47.6 Å². The van der Waals surface area contributed by atoms with Gasteiger partial charge in [0.2, 0.25) is 0 Å². The van der Waals surface area contributed by atoms with Gasteiger partial charge in [0, 0.05) is 23.9 Å². The summed E-state index contributed by atoms with van der Waals surface area (Å²) in [5, 5.41) is 5.74. The molecular weight excluding hydrogens is 415 g/mol. The fraction of sp³-hybridized carbons (Fsp3) is 0.250. The summed E-state index contributed by atoms with van der Waals surface area (Å²) in [4.78, 5) is 16.5. The van der Waals surface area contributed by atoms with Crippen LogP contribution < -0.4 is 5.73 Å². The van der Waals surface area contributed by atoms with Gasteiger partial charge in [-0.3, -0.25) is 4.79 Å². The fourth-order valence-corrected chi connectivity index (χ4v) is 4.09. The molecule has 3 aromatic rings. The van der Waals surface area contributed by atoms with Crippen molar-refractivity contribution in [3.05, 3.63) is 53.6 Å². The van der Waals surface area contributed by atoms with Crippen LogP contribution in [0.3, 0.4) is 0 Å². The predicted molar refractivity (Wildman–Crippen MR) is 110 cm³/mol. The average Bonchev–Trinajstić information content (AvgIpc) is 3.05. The number of hydrogen-bond donors (Lipinski definition) is 1. The lowest BCUT2D eigenvalue weighted by Gasteiger charge is -2.21. The number of fused-ring (bicyclic) bond motifs is 1. The van der Waals surface area contributed by atoms with Crippen molar-refractivity contribution < 1.29 is 23.7 Å². The van der Waals surface area contributed by atoms with E-state index in [1.54, 1.807) is 17.7 Å². The van der Waals surface area contributed by atoms with E-state index in [4.69, 9.17) is 0 Å². The first-order valence-electron chi connectivity index (χ1n) is 9.23. The van der Waals surface area contributed by atoms with E-state index in [1.165, 1.54) is 22.8 Å². The maximum atomic E-state index is 13.1. The van der Waals surface area contributed by atoms with Gasteiger partial charge < -0.3 is 10.3 Å². The standard InChI is InChI=1S/C20H18F3N5OS/c1-27-17-6-5-12(16-11-30-19(29)28(26-16)8-7-24)10-15(17)25-18(27)13-3-2-4-14(9-13)20(21,22)23/h2-6,9-10H,7-8,11,24H2,1H3/p+1. The molecule has 6 nitrogen and oxygen atoms in total. The molecule has 0 saturated heterocycles. The summed E-state index contributed by atoms with van der Waals surface area (Å²) < 4.78 is 41.0. The lowest BCUT2D eigenvalue weighted by molar-refractivity contribution is -0.367. The topological polar surface area (TPSA) is 78.1 Å². The van der Waals surface area contributed by atoms with Gasteiger partial charge in [0.05, 0.1) is 35.4 Å². The van der Waals surface area contributed by atoms with Gasteiger partial charge in [-0.1, -0.05) is 30.0 Å². The molecule has 4 rings (SSSR count). The number of hydrazone groups is 1. The molecule has 0 spiro atoms. The number of aryl methyl sites for hydroxylation is 1. The number of halogens is 3. The molecule has 2 heterocycles. The third kappa shape index (κ3) is 3.80. The minimum Gasteiger partial charge on any atom is -0.356 e. The number of rotatable bonds is 4. The maximum absolute atomic E-state index is 13.1. The molecular formula is C20H19F3N5OS+. The van der Waals surface area contributed by atoms with Gasteiger partial charge in [-0.15, -0.1) is 0 Å². The van der Waals surface area contributed by atoms with Crippen LogP contribution in [-0.2, 0) is 13.2 Å². The first-order chi connectivity index (χ1) is 14.3. The van der Waals surface area contributed by atoms with Crippen molar-refractivity contribution in [2.45, 2.75) is 6.18 Å². The molecule has 0 fully saturated rings. The number of nitrogens with zero attached hydrogens (tertiary/aromatic N) is 4. The van der Waals surface area contributed by atoms with Crippen LogP contribution in [0.4, 0.5) is 18.0 Å². The van der Waals surface area contributed by atoms with Crippen LogP contribution in [0.5, 0.6) is 0 Å². The summed E-state index contributed by atoms with van der Waals surface area (Å²) >= 11 is 1.18. The van der Waals surface area contributed by atoms with Crippen molar-refractivity contribution in [2.24, 2.45) is 12.1 Å². The molecule has 1 amide bonds. The molecule has 3 N–H and O–H groups in total. The highest BCUT2D eigenvalue weighted by molar-refractivity contribution is 8.14. The van der Waals surface area contributed by atoms with Crippen molar-refractivity contribution >= 4 is 33.7 Å². The quantitative estimate of drug-likeness (QED) is 0.684. The SMILES string of the molecule is Cn1c(-c2cccc(C(F)(F)F)c2)nc2cc(C3=NN(CC[NH3+])C(=O)SC3)ccc21. The fourth-order valence-electron chi connectivity index (χ4n) is 3.32. The second-order valence-electron chi connectivity index (χ2n) is 6.85. The Morgan fingerprint density at radius 3 is 2.70 bits per heavy atom. The summed E-state index contributed by atoms with van der Waals surface area (Å²) in [5.74, 6) is 0.896. The van der Waals surface area contributed by atoms with Crippen molar-refractivity contribution in [3.63, 3.8) is 0 Å². The number of quaternary nitrogens is 1. The summed E-state index contributed by atoms with van der Waals surface area (Å²) in [6.45, 7) is 1.00. The predicted octanol–water partition coefficient (Wildman–Crippen LogP) is 3.37. The summed E-state index contributed by atoms with van der Waals surface area (Å²) in [6, 6.07) is 10.7. The molecule has 156 valence electrons. The van der Waals surface area contributed by atoms with Crippen LogP contribution in [0.2, 0.25) is 0 Å². The van der Waals surface area contributed by atoms with E-state index < -0.39 is 11.7 Å². The minimum atomic E-state index is -4.41. The number of alkyl halides is 3. The van der Waals surface area contributed by atoms with E-state index in [2.05, 4.69) is 15.8 Å². The summed E-state index contributed by atoms with van der Waals surface area (Å²) in [5.41, 5.74) is 6.46. The minimum absolute atomic E-state index is 0.104. The smallest absolute Gasteiger partial charge is 0.356 e. The molecule has 1 aliphatic heterocycles. The van der Waals surface area contributed by atoms with E-state index >= 15 is 0 Å². The number of aromatic nitrogens is 2. The molecule has 10 heteroatoms. The van der Waals surface area contributed by atoms with Crippen LogP contribution >= 0.6 is 11.8 Å². The Kier molecular flexibility index (Phi) is 5.29. The third-order valence-electron chi connectivity index (χ3n) is 4.82. The zero-order chi connectivity index (χ0) is 21.5. The Hall–Kier alpha value is -2.85. The summed E-state index contributed by atoms with van der Waals surface area (Å²) in [7, 11) is 1.77. The van der Waals surface area contributed by atoms with Gasteiger partial charge in [0.15, 0.2) is 0 Å². The highest BCUT2D eigenvalue weighted by Crippen LogP contribution is 2.33. The number of hydrogen-bond acceptors (Lipinski definition) is 4. The van der Waals surface area contributed by atoms with E-state index in [0.29, 0.717) is 35.7 Å². The van der Waals surface area contributed by atoms with Gasteiger partial charge >= 0.3 is 11.4 Å². The van der Waals surface area contributed by atoms with Crippen molar-refractivity contribution in [3.8, 4) is 11.4 Å². The molecule has 1 aromatic heterocycles. The highest BCUT2D eigenvalue weighted by Gasteiger charge is 2.31. The molecule has 0 aliphatic carbocycles. The number of amides is 1. The van der Waals surface area contributed by atoms with Crippen molar-refractivity contribution in [2.75, 3.05) is 18.8 Å². The number of carbonyl (C=O) groups is 1. The van der Waals surface area contributed by atoms with Crippen LogP contribution in [0.1, 0.15) is 11.1 Å². The third-order valence-corrected chi connectivity index (χ3v) is 5.69. The van der Waals surface area contributed by atoms with E-state index in [1.807, 2.05) is 18.2 Å². The Bertz CT molecular complexity index is 1160. The van der Waals surface area contributed by atoms with Gasteiger partial charge in [-0.2, -0.15) is 18.3 Å². The second kappa shape index (κ2) is 7.77. The molecule has 0 unspecified atom stereocenters. The van der Waals surface area contributed by atoms with E-state index in [9.17, 15) is 18.0 Å². The lowest BCUT2D eigenvalue weighted by Crippen LogP contribution is -2.55. The van der Waals surface area contributed by atoms with Crippen LogP contribution in [-0.4, -0.2) is 44.4 Å². The summed E-state index contributed by atoms with van der Waals surface area (Å²) in [6.07, 6.45) is -4.41. The van der Waals surface area contributed by atoms with E-state index in [0.717, 1.165) is 28.9 Å². The van der Waals surface area contributed by atoms with Gasteiger partial charge in [-0.05, 0) is 24.3 Å². The van der Waals surface area contributed by atoms with Crippen molar-refractivity contribution in [1.82, 2.24) is 14.6 Å². The monoisotopic (exact) mass is 434 g/mol. The zero-order valence-electron chi connectivity index (χ0n) is 16.1. The second-order valence-corrected chi connectivity index (χ2v) is 7.78. The largest absolute Gasteiger partial charge is 0.416 e. The first kappa shape index (κ1) is 20.4. The van der Waals surface area contributed by atoms with Gasteiger partial charge in [0.1, 0.15) is 5.82 Å². The number of thioether (sulfide) groups is 1. The molecule has 0 atom stereocenters. The van der Waals surface area contributed by atoms with Crippen molar-refractivity contribution in [1.29, 1.82) is 0 Å². The Morgan fingerprint density at radius 2 is 1.97 bits per heavy atom. The van der Waals surface area contributed by atoms with Gasteiger partial charge in [-0.25, -0.2) is 9.99 Å². The van der Waals surface area contributed by atoms with E-state index in [-0.39, 0.29) is 5.24 Å². The molecule has 1 aliphatic rings. The molecule has 0 saturated carbocycles. The number of imidazole rings is 1. The number of carbonyl (C=O) groups excluding carboxylic acids is 1. The molecule has 0 bridgehead atoms. The molecule has 2 aromatic carbocycles. The number of benzene rings is 2. The normalized spacial score (nSPS) is 15.0. The maximum Gasteiger partial charge on any atom is 0.416 e. The molecule has 30 heavy (non-hydrogen) atoms. The average molecular weight is 434 g/mol. The van der Waals surface area contributed by atoms with Crippen LogP contribution in [0.25, 0.3) is 22.4 Å². The highest BCUT2D eigenvalue weighted by atomic mass is 32.2. The van der Waals surface area contributed by atoms with Gasteiger partial charge in [0.25, 0.3) is 0 Å². The molecule has 0 radical (unpaired) electrons. The lowest BCUT2D eigenvalue weighted by atomic mass is 10.1. The Morgan fingerprint density at radius 1 is 1.17 bits per heavy atom. The first-order valence-corrected chi connectivity index (χ1v) is 10.2. The Labute approximate surface area is 174 Å². The van der Waals surface area contributed by atoms with Crippen LogP contribution in [0, 0.1) is 0 Å². The Balaban J connectivity index is 1.74.